The van der Waals surface area contributed by atoms with Crippen LogP contribution in [0.3, 0.4) is 0 Å². The lowest BCUT2D eigenvalue weighted by molar-refractivity contribution is 0.115. The largest absolute Gasteiger partial charge is 0.357 e. The Bertz CT molecular complexity index is 604. The molecule has 29 heavy (non-hydrogen) atoms. The van der Waals surface area contributed by atoms with Crippen LogP contribution >= 0.6 is 24.0 Å². The van der Waals surface area contributed by atoms with E-state index in [-0.39, 0.29) is 35.1 Å². The first-order valence-corrected chi connectivity index (χ1v) is 13.2. The molecule has 0 aromatic rings. The van der Waals surface area contributed by atoms with Crippen molar-refractivity contribution < 1.29 is 8.42 Å². The summed E-state index contributed by atoms with van der Waals surface area (Å²) in [4.78, 5) is 7.49. The van der Waals surface area contributed by atoms with Gasteiger partial charge in [-0.05, 0) is 51.0 Å². The fraction of sp³-hybridized carbons (Fsp3) is 0.952. The number of nitrogens with zero attached hydrogens (tertiary/aromatic N) is 2. The number of piperidine rings is 1. The smallest absolute Gasteiger partial charge is 0.191 e. The summed E-state index contributed by atoms with van der Waals surface area (Å²) < 4.78 is 23.0. The highest BCUT2D eigenvalue weighted by molar-refractivity contribution is 14.0. The van der Waals surface area contributed by atoms with Gasteiger partial charge in [0.25, 0.3) is 0 Å². The Morgan fingerprint density at radius 1 is 1.14 bits per heavy atom. The topological polar surface area (TPSA) is 73.8 Å². The third-order valence-corrected chi connectivity index (χ3v) is 6.99. The summed E-state index contributed by atoms with van der Waals surface area (Å²) >= 11 is 0. The van der Waals surface area contributed by atoms with Crippen LogP contribution in [0.5, 0.6) is 0 Å². The van der Waals surface area contributed by atoms with Gasteiger partial charge in [-0.25, -0.2) is 8.42 Å². The van der Waals surface area contributed by atoms with Crippen LogP contribution in [0.4, 0.5) is 0 Å². The number of hydrogen-bond donors (Lipinski definition) is 2. The molecule has 0 aromatic carbocycles. The summed E-state index contributed by atoms with van der Waals surface area (Å²) in [5.41, 5.74) is -0.133. The quantitative estimate of drug-likeness (QED) is 0.280. The van der Waals surface area contributed by atoms with E-state index >= 15 is 0 Å². The number of sulfone groups is 1. The molecule has 172 valence electrons. The third-order valence-electron chi connectivity index (χ3n) is 6.04. The average Bonchev–Trinajstić information content (AvgIpc) is 2.65. The van der Waals surface area contributed by atoms with E-state index in [2.05, 4.69) is 36.3 Å². The Balaban J connectivity index is 0.00000420. The second-order valence-corrected chi connectivity index (χ2v) is 11.8. The molecule has 1 aliphatic heterocycles. The molecular weight excluding hydrogens is 499 g/mol. The van der Waals surface area contributed by atoms with Crippen LogP contribution in [0.2, 0.25) is 0 Å². The van der Waals surface area contributed by atoms with Crippen molar-refractivity contribution in [2.45, 2.75) is 84.2 Å². The first-order valence-electron chi connectivity index (χ1n) is 11.2. The van der Waals surface area contributed by atoms with Crippen molar-refractivity contribution >= 4 is 39.8 Å². The maximum atomic E-state index is 11.5. The van der Waals surface area contributed by atoms with E-state index in [1.165, 1.54) is 57.7 Å². The molecule has 1 heterocycles. The molecule has 2 aliphatic rings. The van der Waals surface area contributed by atoms with Crippen LogP contribution in [-0.4, -0.2) is 69.5 Å². The van der Waals surface area contributed by atoms with Crippen LogP contribution < -0.4 is 10.6 Å². The minimum Gasteiger partial charge on any atom is -0.357 e. The van der Waals surface area contributed by atoms with Crippen molar-refractivity contribution in [2.75, 3.05) is 38.2 Å². The molecule has 1 saturated heterocycles. The van der Waals surface area contributed by atoms with Crippen LogP contribution in [0.15, 0.2) is 4.99 Å². The monoisotopic (exact) mass is 542 g/mol. The van der Waals surface area contributed by atoms with Gasteiger partial charge in [-0.3, -0.25) is 9.89 Å². The van der Waals surface area contributed by atoms with E-state index in [9.17, 15) is 8.42 Å². The Hall–Kier alpha value is -0.0900. The van der Waals surface area contributed by atoms with Gasteiger partial charge in [-0.15, -0.1) is 24.0 Å². The maximum Gasteiger partial charge on any atom is 0.191 e. The summed E-state index contributed by atoms with van der Waals surface area (Å²) in [6.07, 6.45) is 11.2. The molecule has 1 unspecified atom stereocenters. The van der Waals surface area contributed by atoms with Gasteiger partial charge in [0.2, 0.25) is 0 Å². The van der Waals surface area contributed by atoms with Gasteiger partial charge < -0.3 is 10.6 Å². The van der Waals surface area contributed by atoms with Gasteiger partial charge in [-0.2, -0.15) is 0 Å². The molecule has 1 atom stereocenters. The lowest BCUT2D eigenvalue weighted by atomic mass is 9.90. The first kappa shape index (κ1) is 26.9. The van der Waals surface area contributed by atoms with E-state index in [1.807, 2.05) is 0 Å². The number of rotatable bonds is 8. The lowest BCUT2D eigenvalue weighted by Gasteiger charge is -2.40. The van der Waals surface area contributed by atoms with Crippen LogP contribution in [0.1, 0.15) is 72.1 Å². The fourth-order valence-electron chi connectivity index (χ4n) is 4.25. The summed E-state index contributed by atoms with van der Waals surface area (Å²) in [5, 5.41) is 7.02. The van der Waals surface area contributed by atoms with Crippen molar-refractivity contribution in [1.82, 2.24) is 15.5 Å². The predicted octanol–water partition coefficient (Wildman–Crippen LogP) is 3.42. The van der Waals surface area contributed by atoms with Crippen molar-refractivity contribution in [2.24, 2.45) is 10.4 Å². The zero-order valence-electron chi connectivity index (χ0n) is 18.9. The number of guanidine groups is 1. The average molecular weight is 543 g/mol. The molecule has 8 heteroatoms. The molecule has 6 nitrogen and oxygen atoms in total. The zero-order chi connectivity index (χ0) is 20.6. The Kier molecular flexibility index (Phi) is 11.8. The van der Waals surface area contributed by atoms with Crippen molar-refractivity contribution in [3.63, 3.8) is 0 Å². The van der Waals surface area contributed by atoms with E-state index in [0.717, 1.165) is 25.1 Å². The molecule has 0 spiro atoms. The number of halogens is 1. The van der Waals surface area contributed by atoms with Gasteiger partial charge in [0.05, 0.1) is 5.75 Å². The van der Waals surface area contributed by atoms with Gasteiger partial charge in [-0.1, -0.05) is 33.1 Å². The fourth-order valence-corrected chi connectivity index (χ4v) is 5.17. The molecule has 2 fully saturated rings. The zero-order valence-corrected chi connectivity index (χ0v) is 22.0. The molecule has 2 N–H and O–H groups in total. The Morgan fingerprint density at radius 3 is 2.45 bits per heavy atom. The molecule has 1 saturated carbocycles. The minimum atomic E-state index is -2.93. The molecular formula is C21H43IN4O2S. The SMILES string of the molecule is CCNC(=NCC(C)(C)CCS(C)(=O)=O)NC1CCCN(C2CCCCC2)C1.I. The Labute approximate surface area is 196 Å². The molecule has 0 amide bonds. The number of likely N-dealkylation sites (tertiary alicyclic amines) is 1. The maximum absolute atomic E-state index is 11.5. The summed E-state index contributed by atoms with van der Waals surface area (Å²) in [6, 6.07) is 1.21. The summed E-state index contributed by atoms with van der Waals surface area (Å²) in [7, 11) is -2.93. The highest BCUT2D eigenvalue weighted by Crippen LogP contribution is 2.25. The second kappa shape index (κ2) is 12.7. The molecule has 0 bridgehead atoms. The van der Waals surface area contributed by atoms with Crippen LogP contribution in [-0.2, 0) is 9.84 Å². The van der Waals surface area contributed by atoms with Gasteiger partial charge >= 0.3 is 0 Å². The summed E-state index contributed by atoms with van der Waals surface area (Å²) in [5.74, 6) is 1.09. The molecule has 2 rings (SSSR count). The first-order chi connectivity index (χ1) is 13.2. The third kappa shape index (κ3) is 10.7. The normalized spacial score (nSPS) is 22.8. The highest BCUT2D eigenvalue weighted by atomic mass is 127. The Morgan fingerprint density at radius 2 is 1.83 bits per heavy atom. The number of aliphatic imine (C=N–C) groups is 1. The molecule has 1 aliphatic carbocycles. The van der Waals surface area contributed by atoms with Crippen LogP contribution in [0.25, 0.3) is 0 Å². The van der Waals surface area contributed by atoms with Gasteiger partial charge in [0.15, 0.2) is 5.96 Å². The van der Waals surface area contributed by atoms with Gasteiger partial charge in [0, 0.05) is 38.0 Å². The van der Waals surface area contributed by atoms with E-state index in [0.29, 0.717) is 19.0 Å². The highest BCUT2D eigenvalue weighted by Gasteiger charge is 2.27. The second-order valence-electron chi connectivity index (χ2n) is 9.51. The number of nitrogens with one attached hydrogen (secondary N) is 2. The molecule has 0 radical (unpaired) electrons. The minimum absolute atomic E-state index is 0. The van der Waals surface area contributed by atoms with Crippen molar-refractivity contribution in [1.29, 1.82) is 0 Å². The van der Waals surface area contributed by atoms with Crippen molar-refractivity contribution in [3.05, 3.63) is 0 Å². The van der Waals surface area contributed by atoms with Crippen molar-refractivity contribution in [3.8, 4) is 0 Å². The van der Waals surface area contributed by atoms with E-state index < -0.39 is 9.84 Å². The van der Waals surface area contributed by atoms with E-state index in [1.54, 1.807) is 0 Å². The summed E-state index contributed by atoms with van der Waals surface area (Å²) in [6.45, 7) is 10.1. The van der Waals surface area contributed by atoms with Crippen LogP contribution in [0, 0.1) is 5.41 Å². The molecule has 0 aromatic heterocycles. The predicted molar refractivity (Wildman–Crippen MR) is 134 cm³/mol. The van der Waals surface area contributed by atoms with Gasteiger partial charge in [0.1, 0.15) is 9.84 Å². The lowest BCUT2D eigenvalue weighted by Crippen LogP contribution is -2.53. The standard InChI is InChI=1S/C21H42N4O2S.HI/c1-5-22-20(23-17-21(2,3)13-15-28(4,26)27)24-18-10-9-14-25(16-18)19-11-7-6-8-12-19;/h18-19H,5-17H2,1-4H3,(H2,22,23,24);1H. The van der Waals surface area contributed by atoms with E-state index in [4.69, 9.17) is 4.99 Å². The number of hydrogen-bond acceptors (Lipinski definition) is 4.